The van der Waals surface area contributed by atoms with Crippen molar-refractivity contribution >= 4 is 29.6 Å². The minimum Gasteiger partial charge on any atom is -0.375 e. The number of benzene rings is 2. The standard InChI is InChI=1S/C24H21ClFN3O/c1-2-30-16-20-7-5-6-19(27-20)11-13-24-28-22-12-10-18(26)14-17(22)15-29(24)23-9-4-3-8-21(23)25/h3-15,24H,2,16H2,1H3. The third-order valence-electron chi connectivity index (χ3n) is 4.68. The van der Waals surface area contributed by atoms with Gasteiger partial charge in [-0.05, 0) is 61.5 Å². The lowest BCUT2D eigenvalue weighted by Crippen LogP contribution is -2.41. The Morgan fingerprint density at radius 2 is 2.00 bits per heavy atom. The van der Waals surface area contributed by atoms with Crippen LogP contribution in [0, 0.1) is 5.82 Å². The Labute approximate surface area is 179 Å². The molecule has 0 fully saturated rings. The SMILES string of the molecule is CCOCc1cccc(C=CC2N=c3ccc(F)cc3=CN2c2ccccc2Cl)n1. The number of ether oxygens (including phenoxy) is 1. The van der Waals surface area contributed by atoms with Gasteiger partial charge in [-0.15, -0.1) is 0 Å². The van der Waals surface area contributed by atoms with Crippen molar-refractivity contribution in [2.75, 3.05) is 11.5 Å². The number of nitrogens with zero attached hydrogens (tertiary/aromatic N) is 3. The summed E-state index contributed by atoms with van der Waals surface area (Å²) in [6.07, 6.45) is 5.41. The number of hydrogen-bond donors (Lipinski definition) is 0. The maximum absolute atomic E-state index is 13.8. The second kappa shape index (κ2) is 9.20. The zero-order chi connectivity index (χ0) is 20.9. The Hall–Kier alpha value is -3.02. The molecule has 0 amide bonds. The van der Waals surface area contributed by atoms with Gasteiger partial charge in [-0.2, -0.15) is 0 Å². The Balaban J connectivity index is 1.72. The van der Waals surface area contributed by atoms with Crippen molar-refractivity contribution in [3.8, 4) is 0 Å². The van der Waals surface area contributed by atoms with Crippen LogP contribution in [-0.4, -0.2) is 17.8 Å². The van der Waals surface area contributed by atoms with Crippen LogP contribution in [0.1, 0.15) is 18.3 Å². The van der Waals surface area contributed by atoms with Gasteiger partial charge < -0.3 is 9.64 Å². The van der Waals surface area contributed by atoms with Crippen molar-refractivity contribution in [3.05, 3.63) is 99.5 Å². The number of para-hydroxylation sites is 1. The van der Waals surface area contributed by atoms with Gasteiger partial charge in [0.2, 0.25) is 0 Å². The van der Waals surface area contributed by atoms with Crippen LogP contribution in [0.4, 0.5) is 10.1 Å². The van der Waals surface area contributed by atoms with E-state index >= 15 is 0 Å². The Bertz CT molecular complexity index is 1200. The molecule has 2 heterocycles. The molecule has 1 aliphatic heterocycles. The molecule has 3 aromatic rings. The van der Waals surface area contributed by atoms with Crippen LogP contribution >= 0.6 is 11.6 Å². The molecule has 0 saturated carbocycles. The van der Waals surface area contributed by atoms with Gasteiger partial charge in [0.15, 0.2) is 0 Å². The average molecular weight is 422 g/mol. The van der Waals surface area contributed by atoms with Gasteiger partial charge in [-0.1, -0.05) is 29.8 Å². The highest BCUT2D eigenvalue weighted by molar-refractivity contribution is 6.33. The molecule has 1 aliphatic rings. The average Bonchev–Trinajstić information content (AvgIpc) is 2.76. The number of rotatable bonds is 6. The number of fused-ring (bicyclic) bond motifs is 1. The van der Waals surface area contributed by atoms with E-state index in [9.17, 15) is 4.39 Å². The van der Waals surface area contributed by atoms with Crippen LogP contribution in [0.15, 0.2) is 71.7 Å². The number of pyridine rings is 1. The molecule has 0 N–H and O–H groups in total. The van der Waals surface area contributed by atoms with Crippen molar-refractivity contribution in [1.29, 1.82) is 0 Å². The van der Waals surface area contributed by atoms with E-state index in [0.717, 1.165) is 22.4 Å². The number of halogens is 2. The second-order valence-corrected chi connectivity index (χ2v) is 7.19. The summed E-state index contributed by atoms with van der Waals surface area (Å²) in [7, 11) is 0. The number of hydrogen-bond acceptors (Lipinski definition) is 4. The van der Waals surface area contributed by atoms with Crippen molar-refractivity contribution in [3.63, 3.8) is 0 Å². The molecule has 4 rings (SSSR count). The predicted octanol–water partition coefficient (Wildman–Crippen LogP) is 4.33. The summed E-state index contributed by atoms with van der Waals surface area (Å²) >= 11 is 6.44. The smallest absolute Gasteiger partial charge is 0.145 e. The molecule has 6 heteroatoms. The molecular weight excluding hydrogens is 401 g/mol. The molecule has 152 valence electrons. The first-order valence-corrected chi connectivity index (χ1v) is 10.1. The topological polar surface area (TPSA) is 37.7 Å². The van der Waals surface area contributed by atoms with Gasteiger partial charge in [-0.3, -0.25) is 9.98 Å². The number of aromatic nitrogens is 1. The fourth-order valence-electron chi connectivity index (χ4n) is 3.25. The molecule has 1 aromatic heterocycles. The Kier molecular flexibility index (Phi) is 6.21. The first-order valence-electron chi connectivity index (χ1n) is 9.74. The molecule has 0 bridgehead atoms. The fourth-order valence-corrected chi connectivity index (χ4v) is 3.48. The molecule has 1 unspecified atom stereocenters. The quantitative estimate of drug-likeness (QED) is 0.594. The molecule has 1 atom stereocenters. The molecule has 4 nitrogen and oxygen atoms in total. The maximum Gasteiger partial charge on any atom is 0.145 e. The Morgan fingerprint density at radius 1 is 1.13 bits per heavy atom. The first-order chi connectivity index (χ1) is 14.6. The van der Waals surface area contributed by atoms with Crippen molar-refractivity contribution < 1.29 is 9.13 Å². The summed E-state index contributed by atoms with van der Waals surface area (Å²) in [5.41, 5.74) is 2.48. The zero-order valence-electron chi connectivity index (χ0n) is 16.5. The molecule has 0 spiro atoms. The Morgan fingerprint density at radius 3 is 2.83 bits per heavy atom. The monoisotopic (exact) mass is 421 g/mol. The normalized spacial score (nSPS) is 15.6. The van der Waals surface area contributed by atoms with Crippen molar-refractivity contribution in [2.24, 2.45) is 4.99 Å². The molecule has 30 heavy (non-hydrogen) atoms. The second-order valence-electron chi connectivity index (χ2n) is 6.78. The molecule has 0 aliphatic carbocycles. The van der Waals surface area contributed by atoms with Crippen LogP contribution in [0.5, 0.6) is 0 Å². The highest BCUT2D eigenvalue weighted by Gasteiger charge is 2.19. The lowest BCUT2D eigenvalue weighted by atomic mass is 10.2. The van der Waals surface area contributed by atoms with E-state index in [1.165, 1.54) is 12.1 Å². The van der Waals surface area contributed by atoms with Crippen LogP contribution in [0.25, 0.3) is 12.3 Å². The summed E-state index contributed by atoms with van der Waals surface area (Å²) in [4.78, 5) is 11.3. The van der Waals surface area contributed by atoms with Crippen LogP contribution < -0.4 is 15.5 Å². The summed E-state index contributed by atoms with van der Waals surface area (Å²) in [6, 6.07) is 17.9. The summed E-state index contributed by atoms with van der Waals surface area (Å²) in [5.74, 6) is -0.302. The van der Waals surface area contributed by atoms with E-state index in [2.05, 4.69) is 4.98 Å². The minimum atomic E-state index is -0.347. The summed E-state index contributed by atoms with van der Waals surface area (Å²) in [5, 5.41) is 2.03. The summed E-state index contributed by atoms with van der Waals surface area (Å²) < 4.78 is 19.2. The van der Waals surface area contributed by atoms with Gasteiger partial charge in [0.05, 0.1) is 34.1 Å². The minimum absolute atomic E-state index is 0.302. The van der Waals surface area contributed by atoms with E-state index in [1.807, 2.05) is 72.6 Å². The summed E-state index contributed by atoms with van der Waals surface area (Å²) in [6.45, 7) is 3.08. The third kappa shape index (κ3) is 4.58. The first kappa shape index (κ1) is 20.3. The maximum atomic E-state index is 13.8. The van der Waals surface area contributed by atoms with E-state index < -0.39 is 0 Å². The molecule has 0 radical (unpaired) electrons. The van der Waals surface area contributed by atoms with Gasteiger partial charge in [-0.25, -0.2) is 4.39 Å². The van der Waals surface area contributed by atoms with E-state index in [1.54, 1.807) is 6.07 Å². The third-order valence-corrected chi connectivity index (χ3v) is 5.00. The molecule has 0 saturated heterocycles. The van der Waals surface area contributed by atoms with E-state index in [4.69, 9.17) is 21.3 Å². The van der Waals surface area contributed by atoms with E-state index in [-0.39, 0.29) is 12.0 Å². The highest BCUT2D eigenvalue weighted by atomic mass is 35.5. The lowest BCUT2D eigenvalue weighted by Gasteiger charge is -2.28. The van der Waals surface area contributed by atoms with Gasteiger partial charge in [0.1, 0.15) is 12.0 Å². The van der Waals surface area contributed by atoms with Crippen LogP contribution in [0.2, 0.25) is 5.02 Å². The highest BCUT2D eigenvalue weighted by Crippen LogP contribution is 2.28. The van der Waals surface area contributed by atoms with Gasteiger partial charge in [0, 0.05) is 18.0 Å². The van der Waals surface area contributed by atoms with Crippen molar-refractivity contribution in [2.45, 2.75) is 19.7 Å². The van der Waals surface area contributed by atoms with Gasteiger partial charge >= 0.3 is 0 Å². The van der Waals surface area contributed by atoms with Gasteiger partial charge in [0.25, 0.3) is 0 Å². The van der Waals surface area contributed by atoms with Crippen molar-refractivity contribution in [1.82, 2.24) is 4.98 Å². The lowest BCUT2D eigenvalue weighted by molar-refractivity contribution is 0.131. The molecular formula is C24H21ClFN3O. The fraction of sp³-hybridized carbons (Fsp3) is 0.167. The predicted molar refractivity (Wildman–Crippen MR) is 118 cm³/mol. The zero-order valence-corrected chi connectivity index (χ0v) is 17.3. The van der Waals surface area contributed by atoms with Crippen LogP contribution in [0.3, 0.4) is 0 Å². The molecule has 2 aromatic carbocycles. The van der Waals surface area contributed by atoms with E-state index in [0.29, 0.717) is 23.5 Å². The number of anilines is 1. The largest absolute Gasteiger partial charge is 0.375 e. The van der Waals surface area contributed by atoms with Crippen LogP contribution in [-0.2, 0) is 11.3 Å².